The van der Waals surface area contributed by atoms with E-state index in [1.807, 2.05) is 12.1 Å². The Morgan fingerprint density at radius 3 is 2.70 bits per heavy atom. The van der Waals surface area contributed by atoms with Crippen molar-refractivity contribution >= 4 is 22.7 Å². The molecule has 108 valence electrons. The molecule has 0 aliphatic carbocycles. The van der Waals surface area contributed by atoms with Crippen molar-refractivity contribution in [2.75, 3.05) is 23.8 Å². The summed E-state index contributed by atoms with van der Waals surface area (Å²) in [7, 11) is 0. The molecule has 4 heteroatoms. The van der Waals surface area contributed by atoms with E-state index >= 15 is 0 Å². The quantitative estimate of drug-likeness (QED) is 0.779. The maximum atomic E-state index is 6.27. The Hall–Kier alpha value is -1.68. The summed E-state index contributed by atoms with van der Waals surface area (Å²) in [4.78, 5) is 3.62. The Balaban J connectivity index is 2.20. The Kier molecular flexibility index (Phi) is 5.30. The van der Waals surface area contributed by atoms with Crippen LogP contribution in [-0.4, -0.2) is 13.2 Å². The normalized spacial score (nSPS) is 10.5. The minimum atomic E-state index is 0.699. The Morgan fingerprint density at radius 1 is 1.20 bits per heavy atom. The number of hydrogen-bond acceptors (Lipinski definition) is 4. The number of ether oxygens (including phenoxy) is 1. The number of para-hydroxylation sites is 1. The molecular formula is C16H22N2OS. The lowest BCUT2D eigenvalue weighted by Gasteiger charge is -2.25. The molecule has 0 saturated carbocycles. The minimum absolute atomic E-state index is 0.699. The maximum absolute atomic E-state index is 6.27. The summed E-state index contributed by atoms with van der Waals surface area (Å²) in [6, 6.07) is 10.2. The molecular weight excluding hydrogens is 268 g/mol. The molecule has 0 unspecified atom stereocenters. The maximum Gasteiger partial charge on any atom is 0.144 e. The van der Waals surface area contributed by atoms with Gasteiger partial charge in [0, 0.05) is 11.4 Å². The van der Waals surface area contributed by atoms with Crippen molar-refractivity contribution in [1.82, 2.24) is 0 Å². The number of rotatable bonds is 7. The van der Waals surface area contributed by atoms with Gasteiger partial charge >= 0.3 is 0 Å². The average Bonchev–Trinajstić information content (AvgIpc) is 2.97. The van der Waals surface area contributed by atoms with E-state index < -0.39 is 0 Å². The zero-order valence-electron chi connectivity index (χ0n) is 12.1. The average molecular weight is 290 g/mol. The summed E-state index contributed by atoms with van der Waals surface area (Å²) < 4.78 is 5.71. The third-order valence-corrected chi connectivity index (χ3v) is 4.02. The summed E-state index contributed by atoms with van der Waals surface area (Å²) in [6.07, 6.45) is 0.982. The SMILES string of the molecule is CCCOc1cccc(N(CC)Cc2cccs2)c1N. The summed E-state index contributed by atoms with van der Waals surface area (Å²) in [5, 5.41) is 2.10. The van der Waals surface area contributed by atoms with Gasteiger partial charge in [-0.05, 0) is 36.9 Å². The molecule has 20 heavy (non-hydrogen) atoms. The predicted octanol–water partition coefficient (Wildman–Crippen LogP) is 4.15. The summed E-state index contributed by atoms with van der Waals surface area (Å²) in [5.74, 6) is 0.786. The fourth-order valence-electron chi connectivity index (χ4n) is 2.10. The standard InChI is InChI=1S/C16H22N2OS/c1-3-10-19-15-9-5-8-14(16(15)17)18(4-2)12-13-7-6-11-20-13/h5-9,11H,3-4,10,12,17H2,1-2H3. The molecule has 0 radical (unpaired) electrons. The van der Waals surface area contributed by atoms with Crippen LogP contribution in [-0.2, 0) is 6.54 Å². The molecule has 2 N–H and O–H groups in total. The van der Waals surface area contributed by atoms with E-state index in [2.05, 4.69) is 42.3 Å². The first kappa shape index (κ1) is 14.7. The van der Waals surface area contributed by atoms with Crippen LogP contribution in [0.25, 0.3) is 0 Å². The highest BCUT2D eigenvalue weighted by Crippen LogP contribution is 2.33. The molecule has 0 aliphatic rings. The molecule has 0 atom stereocenters. The second-order valence-electron chi connectivity index (χ2n) is 4.63. The smallest absolute Gasteiger partial charge is 0.144 e. The van der Waals surface area contributed by atoms with Crippen LogP contribution in [0, 0.1) is 0 Å². The van der Waals surface area contributed by atoms with E-state index in [4.69, 9.17) is 10.5 Å². The van der Waals surface area contributed by atoms with Crippen LogP contribution >= 0.6 is 11.3 Å². The first-order valence-corrected chi connectivity index (χ1v) is 7.92. The van der Waals surface area contributed by atoms with Crippen LogP contribution in [0.5, 0.6) is 5.75 Å². The van der Waals surface area contributed by atoms with Gasteiger partial charge in [0.05, 0.1) is 24.5 Å². The van der Waals surface area contributed by atoms with Gasteiger partial charge in [-0.1, -0.05) is 19.1 Å². The number of nitrogens with two attached hydrogens (primary N) is 1. The van der Waals surface area contributed by atoms with E-state index in [-0.39, 0.29) is 0 Å². The molecule has 1 aromatic carbocycles. The topological polar surface area (TPSA) is 38.5 Å². The fraction of sp³-hybridized carbons (Fsp3) is 0.375. The van der Waals surface area contributed by atoms with Gasteiger partial charge in [-0.3, -0.25) is 0 Å². The van der Waals surface area contributed by atoms with Crippen LogP contribution in [0.4, 0.5) is 11.4 Å². The van der Waals surface area contributed by atoms with Crippen molar-refractivity contribution < 1.29 is 4.74 Å². The van der Waals surface area contributed by atoms with Crippen molar-refractivity contribution in [2.45, 2.75) is 26.8 Å². The number of benzene rings is 1. The molecule has 2 rings (SSSR count). The Labute approximate surface area is 125 Å². The second-order valence-corrected chi connectivity index (χ2v) is 5.66. The first-order valence-electron chi connectivity index (χ1n) is 7.04. The lowest BCUT2D eigenvalue weighted by Crippen LogP contribution is -2.22. The highest BCUT2D eigenvalue weighted by atomic mass is 32.1. The van der Waals surface area contributed by atoms with Crippen LogP contribution in [0.3, 0.4) is 0 Å². The zero-order chi connectivity index (χ0) is 14.4. The van der Waals surface area contributed by atoms with E-state index in [0.717, 1.165) is 36.6 Å². The van der Waals surface area contributed by atoms with E-state index in [1.165, 1.54) is 4.88 Å². The summed E-state index contributed by atoms with van der Waals surface area (Å²) in [6.45, 7) is 6.74. The first-order chi connectivity index (χ1) is 9.76. The van der Waals surface area contributed by atoms with Gasteiger partial charge in [-0.15, -0.1) is 11.3 Å². The Morgan fingerprint density at radius 2 is 2.05 bits per heavy atom. The largest absolute Gasteiger partial charge is 0.491 e. The van der Waals surface area contributed by atoms with Gasteiger partial charge < -0.3 is 15.4 Å². The van der Waals surface area contributed by atoms with E-state index in [1.54, 1.807) is 11.3 Å². The fourth-order valence-corrected chi connectivity index (χ4v) is 2.82. The highest BCUT2D eigenvalue weighted by Gasteiger charge is 2.12. The molecule has 0 aliphatic heterocycles. The number of hydrogen-bond donors (Lipinski definition) is 1. The predicted molar refractivity (Wildman–Crippen MR) is 87.7 cm³/mol. The van der Waals surface area contributed by atoms with Crippen molar-refractivity contribution in [3.8, 4) is 5.75 Å². The third kappa shape index (κ3) is 3.45. The molecule has 3 nitrogen and oxygen atoms in total. The van der Waals surface area contributed by atoms with Crippen molar-refractivity contribution in [3.63, 3.8) is 0 Å². The number of nitrogens with zero attached hydrogens (tertiary/aromatic N) is 1. The lowest BCUT2D eigenvalue weighted by molar-refractivity contribution is 0.319. The van der Waals surface area contributed by atoms with E-state index in [0.29, 0.717) is 6.61 Å². The summed E-state index contributed by atoms with van der Waals surface area (Å²) >= 11 is 1.77. The molecule has 0 saturated heterocycles. The molecule has 2 aromatic rings. The third-order valence-electron chi connectivity index (χ3n) is 3.15. The highest BCUT2D eigenvalue weighted by molar-refractivity contribution is 7.09. The van der Waals surface area contributed by atoms with Gasteiger partial charge in [-0.25, -0.2) is 0 Å². The summed E-state index contributed by atoms with van der Waals surface area (Å²) in [5.41, 5.74) is 8.05. The van der Waals surface area contributed by atoms with Crippen LogP contribution in [0.1, 0.15) is 25.1 Å². The van der Waals surface area contributed by atoms with Crippen LogP contribution in [0.15, 0.2) is 35.7 Å². The van der Waals surface area contributed by atoms with Crippen LogP contribution < -0.4 is 15.4 Å². The monoisotopic (exact) mass is 290 g/mol. The van der Waals surface area contributed by atoms with Crippen molar-refractivity contribution in [2.24, 2.45) is 0 Å². The number of anilines is 2. The van der Waals surface area contributed by atoms with Crippen molar-refractivity contribution in [3.05, 3.63) is 40.6 Å². The van der Waals surface area contributed by atoms with Gasteiger partial charge in [0.1, 0.15) is 5.75 Å². The molecule has 0 bridgehead atoms. The molecule has 0 fully saturated rings. The molecule has 0 spiro atoms. The van der Waals surface area contributed by atoms with Gasteiger partial charge in [0.25, 0.3) is 0 Å². The molecule has 1 aromatic heterocycles. The van der Waals surface area contributed by atoms with Gasteiger partial charge in [0.2, 0.25) is 0 Å². The van der Waals surface area contributed by atoms with Gasteiger partial charge in [-0.2, -0.15) is 0 Å². The second kappa shape index (κ2) is 7.20. The molecule has 0 amide bonds. The van der Waals surface area contributed by atoms with Gasteiger partial charge in [0.15, 0.2) is 0 Å². The Bertz CT molecular complexity index is 525. The minimum Gasteiger partial charge on any atom is -0.491 e. The number of nitrogen functional groups attached to an aromatic ring is 1. The number of thiophene rings is 1. The van der Waals surface area contributed by atoms with Crippen molar-refractivity contribution in [1.29, 1.82) is 0 Å². The van der Waals surface area contributed by atoms with E-state index in [9.17, 15) is 0 Å². The zero-order valence-corrected chi connectivity index (χ0v) is 13.0. The lowest BCUT2D eigenvalue weighted by atomic mass is 10.2. The molecule has 1 heterocycles. The van der Waals surface area contributed by atoms with Crippen LogP contribution in [0.2, 0.25) is 0 Å².